The zero-order valence-corrected chi connectivity index (χ0v) is 14.2. The lowest BCUT2D eigenvalue weighted by Crippen LogP contribution is -2.13. The molecule has 3 nitrogen and oxygen atoms in total. The molecule has 122 valence electrons. The average Bonchev–Trinajstić information content (AvgIpc) is 2.55. The van der Waals surface area contributed by atoms with Gasteiger partial charge in [-0.1, -0.05) is 47.5 Å². The molecule has 0 aliphatic rings. The first kappa shape index (κ1) is 17.8. The molecule has 0 aromatic heterocycles. The molecule has 0 amide bonds. The Balaban J connectivity index is 2.28. The molecule has 2 rings (SSSR count). The van der Waals surface area contributed by atoms with Crippen LogP contribution >= 0.6 is 23.2 Å². The smallest absolute Gasteiger partial charge is 0.305 e. The molecule has 0 saturated carbocycles. The summed E-state index contributed by atoms with van der Waals surface area (Å²) in [6.07, 6.45) is -0.0924. The van der Waals surface area contributed by atoms with Gasteiger partial charge in [-0.25, -0.2) is 0 Å². The maximum atomic E-state index is 11.5. The molecular weight excluding hydrogens is 335 g/mol. The van der Waals surface area contributed by atoms with Crippen LogP contribution < -0.4 is 0 Å². The zero-order valence-electron chi connectivity index (χ0n) is 12.7. The molecule has 0 aliphatic heterocycles. The fraction of sp³-hybridized carbons (Fsp3) is 0.278. The molecular formula is C18H18Cl2O3. The summed E-state index contributed by atoms with van der Waals surface area (Å²) in [6.45, 7) is 0. The first-order valence-corrected chi connectivity index (χ1v) is 8.02. The number of benzene rings is 2. The van der Waals surface area contributed by atoms with Crippen molar-refractivity contribution in [3.05, 3.63) is 69.7 Å². The number of aliphatic hydroxyl groups is 1. The maximum Gasteiger partial charge on any atom is 0.305 e. The second kappa shape index (κ2) is 8.34. The summed E-state index contributed by atoms with van der Waals surface area (Å²) >= 11 is 12.0. The van der Waals surface area contributed by atoms with Gasteiger partial charge in [-0.3, -0.25) is 4.79 Å². The van der Waals surface area contributed by atoms with Crippen molar-refractivity contribution in [3.63, 3.8) is 0 Å². The molecule has 0 saturated heterocycles. The molecule has 0 bridgehead atoms. The van der Waals surface area contributed by atoms with Crippen LogP contribution in [0.5, 0.6) is 0 Å². The number of aliphatic hydroxyl groups excluding tert-OH is 1. The van der Waals surface area contributed by atoms with Gasteiger partial charge in [0.2, 0.25) is 0 Å². The predicted molar refractivity (Wildman–Crippen MR) is 91.9 cm³/mol. The third-order valence-corrected chi connectivity index (χ3v) is 4.24. The Morgan fingerprint density at radius 3 is 2.39 bits per heavy atom. The van der Waals surface area contributed by atoms with E-state index < -0.39 is 6.10 Å². The van der Waals surface area contributed by atoms with Crippen LogP contribution in [0.1, 0.15) is 36.0 Å². The van der Waals surface area contributed by atoms with Crippen molar-refractivity contribution in [3.8, 4) is 0 Å². The van der Waals surface area contributed by atoms with Crippen LogP contribution in [0.15, 0.2) is 48.5 Å². The van der Waals surface area contributed by atoms with E-state index in [-0.39, 0.29) is 18.3 Å². The minimum Gasteiger partial charge on any atom is -0.469 e. The quantitative estimate of drug-likeness (QED) is 0.762. The first-order valence-electron chi connectivity index (χ1n) is 7.27. The Morgan fingerprint density at radius 2 is 1.78 bits per heavy atom. The molecule has 5 heteroatoms. The summed E-state index contributed by atoms with van der Waals surface area (Å²) < 4.78 is 4.70. The van der Waals surface area contributed by atoms with Crippen molar-refractivity contribution < 1.29 is 14.6 Å². The van der Waals surface area contributed by atoms with Crippen LogP contribution in [0.25, 0.3) is 0 Å². The molecule has 2 aromatic carbocycles. The summed E-state index contributed by atoms with van der Waals surface area (Å²) in [5.41, 5.74) is 1.62. The van der Waals surface area contributed by atoms with Crippen LogP contribution in [0, 0.1) is 0 Å². The number of methoxy groups -OCH3 is 1. The third-order valence-electron chi connectivity index (χ3n) is 3.76. The first-order chi connectivity index (χ1) is 11.0. The van der Waals surface area contributed by atoms with E-state index in [9.17, 15) is 9.90 Å². The number of carbonyl (C=O) groups is 1. The fourth-order valence-corrected chi connectivity index (χ4v) is 2.84. The highest BCUT2D eigenvalue weighted by Gasteiger charge is 2.24. The van der Waals surface area contributed by atoms with Crippen LogP contribution in [-0.2, 0) is 9.53 Å². The Labute approximate surface area is 145 Å². The van der Waals surface area contributed by atoms with Crippen LogP contribution in [-0.4, -0.2) is 18.2 Å². The van der Waals surface area contributed by atoms with Crippen molar-refractivity contribution in [2.24, 2.45) is 0 Å². The molecule has 0 aliphatic carbocycles. The van der Waals surface area contributed by atoms with Crippen molar-refractivity contribution in [1.29, 1.82) is 0 Å². The minimum absolute atomic E-state index is 0.221. The SMILES string of the molecule is COC(=O)CC[C@@H](c1cccc(Cl)c1)[C@H](O)c1ccc(Cl)cc1. The molecule has 0 heterocycles. The van der Waals surface area contributed by atoms with Crippen molar-refractivity contribution in [2.75, 3.05) is 7.11 Å². The second-order valence-electron chi connectivity index (χ2n) is 5.27. The third kappa shape index (κ3) is 4.96. The molecule has 2 atom stereocenters. The molecule has 1 N–H and O–H groups in total. The number of hydrogen-bond acceptors (Lipinski definition) is 3. The Bertz CT molecular complexity index is 656. The summed E-state index contributed by atoms with van der Waals surface area (Å²) in [4.78, 5) is 11.5. The highest BCUT2D eigenvalue weighted by molar-refractivity contribution is 6.30. The predicted octanol–water partition coefficient (Wildman–Crippen LogP) is 4.76. The Kier molecular flexibility index (Phi) is 6.46. The second-order valence-corrected chi connectivity index (χ2v) is 6.15. The van der Waals surface area contributed by atoms with Gasteiger partial charge in [0.1, 0.15) is 0 Å². The van der Waals surface area contributed by atoms with Gasteiger partial charge in [0.05, 0.1) is 13.2 Å². The van der Waals surface area contributed by atoms with Crippen molar-refractivity contribution in [1.82, 2.24) is 0 Å². The van der Waals surface area contributed by atoms with Gasteiger partial charge in [0, 0.05) is 22.4 Å². The number of carbonyl (C=O) groups excluding carboxylic acids is 1. The Morgan fingerprint density at radius 1 is 1.09 bits per heavy atom. The van der Waals surface area contributed by atoms with Crippen LogP contribution in [0.2, 0.25) is 10.0 Å². The van der Waals surface area contributed by atoms with Gasteiger partial charge in [-0.05, 0) is 41.8 Å². The van der Waals surface area contributed by atoms with Crippen molar-refractivity contribution in [2.45, 2.75) is 24.9 Å². The van der Waals surface area contributed by atoms with Crippen LogP contribution in [0.4, 0.5) is 0 Å². The van der Waals surface area contributed by atoms with Crippen LogP contribution in [0.3, 0.4) is 0 Å². The van der Waals surface area contributed by atoms with E-state index >= 15 is 0 Å². The molecule has 0 radical (unpaired) electrons. The fourth-order valence-electron chi connectivity index (χ4n) is 2.51. The molecule has 0 fully saturated rings. The van der Waals surface area contributed by atoms with E-state index in [2.05, 4.69) is 0 Å². The lowest BCUT2D eigenvalue weighted by molar-refractivity contribution is -0.140. The number of halogens is 2. The van der Waals surface area contributed by atoms with Gasteiger partial charge in [-0.2, -0.15) is 0 Å². The van der Waals surface area contributed by atoms with E-state index in [1.807, 2.05) is 18.2 Å². The molecule has 2 aromatic rings. The monoisotopic (exact) mass is 352 g/mol. The van der Waals surface area contributed by atoms with Gasteiger partial charge in [0.15, 0.2) is 0 Å². The lowest BCUT2D eigenvalue weighted by Gasteiger charge is -2.24. The topological polar surface area (TPSA) is 46.5 Å². The Hall–Kier alpha value is -1.55. The average molecular weight is 353 g/mol. The standard InChI is InChI=1S/C18H18Cl2O3/c1-23-17(21)10-9-16(13-3-2-4-15(20)11-13)18(22)12-5-7-14(19)8-6-12/h2-8,11,16,18,22H,9-10H2,1H3/t16-,18+/m0/s1. The summed E-state index contributed by atoms with van der Waals surface area (Å²) in [6, 6.07) is 14.3. The normalized spacial score (nSPS) is 13.4. The van der Waals surface area contributed by atoms with E-state index in [0.29, 0.717) is 16.5 Å². The zero-order chi connectivity index (χ0) is 16.8. The van der Waals surface area contributed by atoms with Gasteiger partial charge < -0.3 is 9.84 Å². The van der Waals surface area contributed by atoms with Gasteiger partial charge in [-0.15, -0.1) is 0 Å². The number of ether oxygens (including phenoxy) is 1. The molecule has 0 unspecified atom stereocenters. The van der Waals surface area contributed by atoms with Gasteiger partial charge >= 0.3 is 5.97 Å². The van der Waals surface area contributed by atoms with E-state index in [4.69, 9.17) is 27.9 Å². The minimum atomic E-state index is -0.768. The maximum absolute atomic E-state index is 11.5. The highest BCUT2D eigenvalue weighted by atomic mass is 35.5. The summed E-state index contributed by atoms with van der Waals surface area (Å²) in [7, 11) is 1.35. The van der Waals surface area contributed by atoms with E-state index in [0.717, 1.165) is 11.1 Å². The van der Waals surface area contributed by atoms with E-state index in [1.165, 1.54) is 7.11 Å². The summed E-state index contributed by atoms with van der Waals surface area (Å²) in [5, 5.41) is 12.0. The highest BCUT2D eigenvalue weighted by Crippen LogP contribution is 2.36. The molecule has 23 heavy (non-hydrogen) atoms. The number of esters is 1. The van der Waals surface area contributed by atoms with Crippen molar-refractivity contribution >= 4 is 29.2 Å². The van der Waals surface area contributed by atoms with E-state index in [1.54, 1.807) is 30.3 Å². The largest absolute Gasteiger partial charge is 0.469 e. The molecule has 0 spiro atoms. The van der Waals surface area contributed by atoms with Gasteiger partial charge in [0.25, 0.3) is 0 Å². The number of hydrogen-bond donors (Lipinski definition) is 1. The lowest BCUT2D eigenvalue weighted by atomic mass is 9.85. The summed E-state index contributed by atoms with van der Waals surface area (Å²) in [5.74, 6) is -0.575. The number of rotatable bonds is 6.